The first-order valence-corrected chi connectivity index (χ1v) is 13.1. The van der Waals surface area contributed by atoms with Gasteiger partial charge in [0.2, 0.25) is 0 Å². The fourth-order valence-electron chi connectivity index (χ4n) is 5.65. The maximum Gasteiger partial charge on any atom is 0.153 e. The Morgan fingerprint density at radius 3 is 2.54 bits per heavy atom. The van der Waals surface area contributed by atoms with Crippen molar-refractivity contribution in [1.82, 2.24) is 34.0 Å². The summed E-state index contributed by atoms with van der Waals surface area (Å²) >= 11 is 1.71. The maximum atomic E-state index is 13.5. The third kappa shape index (κ3) is 4.48. The van der Waals surface area contributed by atoms with Gasteiger partial charge in [-0.05, 0) is 79.2 Å². The predicted octanol–water partition coefficient (Wildman–Crippen LogP) is 4.91. The molecule has 1 atom stereocenters. The molecule has 1 unspecified atom stereocenters. The number of hydrogen-bond donors (Lipinski definition) is 0. The van der Waals surface area contributed by atoms with Gasteiger partial charge in [-0.1, -0.05) is 12.8 Å². The van der Waals surface area contributed by atoms with Crippen LogP contribution in [0.15, 0.2) is 53.8 Å². The van der Waals surface area contributed by atoms with Crippen molar-refractivity contribution in [3.63, 3.8) is 0 Å². The van der Waals surface area contributed by atoms with E-state index in [0.717, 1.165) is 41.3 Å². The van der Waals surface area contributed by atoms with Gasteiger partial charge in [-0.3, -0.25) is 4.90 Å². The molecule has 2 aromatic heterocycles. The average molecular weight is 492 g/mol. The first-order valence-electron chi connectivity index (χ1n) is 12.3. The highest BCUT2D eigenvalue weighted by Crippen LogP contribution is 2.38. The molecule has 0 bridgehead atoms. The van der Waals surface area contributed by atoms with Gasteiger partial charge in [0, 0.05) is 44.2 Å². The van der Waals surface area contributed by atoms with Crippen molar-refractivity contribution in [2.45, 2.75) is 49.7 Å². The van der Waals surface area contributed by atoms with Crippen LogP contribution in [0.2, 0.25) is 0 Å². The molecule has 2 fully saturated rings. The van der Waals surface area contributed by atoms with Gasteiger partial charge in [-0.15, -0.1) is 5.10 Å². The zero-order chi connectivity index (χ0) is 23.9. The Bertz CT molecular complexity index is 1330. The van der Waals surface area contributed by atoms with Crippen LogP contribution in [0.25, 0.3) is 16.6 Å². The van der Waals surface area contributed by atoms with Crippen molar-refractivity contribution in [3.8, 4) is 5.69 Å². The second-order valence-corrected chi connectivity index (χ2v) is 10.8. The Hall–Kier alpha value is -2.75. The lowest BCUT2D eigenvalue weighted by molar-refractivity contribution is 0.0787. The summed E-state index contributed by atoms with van der Waals surface area (Å²) in [4.78, 5) is 4.37. The molecular formula is C26H30FN7S. The van der Waals surface area contributed by atoms with E-state index in [4.69, 9.17) is 0 Å². The number of piperazine rings is 1. The highest BCUT2D eigenvalue weighted by molar-refractivity contribution is 7.97. The van der Waals surface area contributed by atoms with E-state index in [1.165, 1.54) is 48.9 Å². The summed E-state index contributed by atoms with van der Waals surface area (Å²) in [6, 6.07) is 12.0. The lowest BCUT2D eigenvalue weighted by atomic mass is 9.95. The summed E-state index contributed by atoms with van der Waals surface area (Å²) in [6.07, 6.45) is 9.00. The van der Waals surface area contributed by atoms with Crippen molar-refractivity contribution < 1.29 is 4.39 Å². The van der Waals surface area contributed by atoms with Gasteiger partial charge in [-0.2, -0.15) is 15.0 Å². The van der Waals surface area contributed by atoms with E-state index in [1.54, 1.807) is 28.9 Å². The van der Waals surface area contributed by atoms with Crippen LogP contribution in [-0.2, 0) is 7.05 Å². The quantitative estimate of drug-likeness (QED) is 0.370. The molecule has 1 aliphatic carbocycles. The van der Waals surface area contributed by atoms with Crippen LogP contribution in [0.4, 0.5) is 4.39 Å². The minimum atomic E-state index is -0.239. The van der Waals surface area contributed by atoms with Crippen molar-refractivity contribution >= 4 is 22.9 Å². The van der Waals surface area contributed by atoms with E-state index in [-0.39, 0.29) is 5.82 Å². The standard InChI is InChI=1S/C26H30FN7S/c1-18-13-24-19(15-29-34(24)22-9-7-20(27)8-10-22)14-23(18)25-17-32(35-26-16-28-31(2)30-26)11-12-33(25)21-5-3-4-6-21/h7-10,13-16,21,25H,3-6,11-12,17H2,1-2H3. The van der Waals surface area contributed by atoms with Gasteiger partial charge in [0.1, 0.15) is 5.82 Å². The van der Waals surface area contributed by atoms with E-state index < -0.39 is 0 Å². The Balaban J connectivity index is 1.34. The van der Waals surface area contributed by atoms with Crippen molar-refractivity contribution in [1.29, 1.82) is 0 Å². The zero-order valence-corrected chi connectivity index (χ0v) is 21.0. The number of nitrogens with zero attached hydrogens (tertiary/aromatic N) is 7. The molecule has 0 radical (unpaired) electrons. The number of aryl methyl sites for hydroxylation is 2. The summed E-state index contributed by atoms with van der Waals surface area (Å²) in [5.41, 5.74) is 4.55. The van der Waals surface area contributed by atoms with Crippen molar-refractivity contribution in [3.05, 3.63) is 65.7 Å². The van der Waals surface area contributed by atoms with Gasteiger partial charge in [0.25, 0.3) is 0 Å². The minimum Gasteiger partial charge on any atom is -0.291 e. The lowest BCUT2D eigenvalue weighted by Gasteiger charge is -2.44. The average Bonchev–Trinajstić information content (AvgIpc) is 3.61. The molecule has 3 heterocycles. The van der Waals surface area contributed by atoms with Crippen LogP contribution in [0.1, 0.15) is 42.9 Å². The van der Waals surface area contributed by atoms with Crippen molar-refractivity contribution in [2.24, 2.45) is 7.05 Å². The van der Waals surface area contributed by atoms with Gasteiger partial charge in [-0.25, -0.2) is 13.4 Å². The molecule has 4 aromatic rings. The third-order valence-electron chi connectivity index (χ3n) is 7.37. The molecule has 0 N–H and O–H groups in total. The Morgan fingerprint density at radius 1 is 1.00 bits per heavy atom. The molecule has 6 rings (SSSR count). The summed E-state index contributed by atoms with van der Waals surface area (Å²) < 4.78 is 17.8. The molecule has 182 valence electrons. The van der Waals surface area contributed by atoms with E-state index >= 15 is 0 Å². The van der Waals surface area contributed by atoms with Crippen LogP contribution >= 0.6 is 11.9 Å². The summed E-state index contributed by atoms with van der Waals surface area (Å²) in [5.74, 6) is -0.239. The number of rotatable bonds is 5. The minimum absolute atomic E-state index is 0.239. The smallest absolute Gasteiger partial charge is 0.153 e. The molecule has 0 amide bonds. The molecule has 1 saturated heterocycles. The topological polar surface area (TPSA) is 55.0 Å². The molecule has 0 spiro atoms. The van der Waals surface area contributed by atoms with Gasteiger partial charge in [0.05, 0.1) is 23.6 Å². The number of halogens is 1. The molecule has 7 nitrogen and oxygen atoms in total. The number of hydrogen-bond acceptors (Lipinski definition) is 6. The summed E-state index contributed by atoms with van der Waals surface area (Å²) in [5, 5.41) is 15.4. The highest BCUT2D eigenvalue weighted by atomic mass is 32.2. The van der Waals surface area contributed by atoms with Crippen molar-refractivity contribution in [2.75, 3.05) is 19.6 Å². The number of fused-ring (bicyclic) bond motifs is 1. The Kier molecular flexibility index (Phi) is 6.07. The SMILES string of the molecule is Cc1cc2c(cnn2-c2ccc(F)cc2)cc1C1CN(Sc2cnn(C)n2)CCN1C1CCCC1. The fraction of sp³-hybridized carbons (Fsp3) is 0.423. The second kappa shape index (κ2) is 9.37. The van der Waals surface area contributed by atoms with Gasteiger partial charge in [0.15, 0.2) is 5.03 Å². The van der Waals surface area contributed by atoms with Crippen LogP contribution < -0.4 is 0 Å². The van der Waals surface area contributed by atoms with Crippen LogP contribution in [0.5, 0.6) is 0 Å². The Morgan fingerprint density at radius 2 is 1.80 bits per heavy atom. The summed E-state index contributed by atoms with van der Waals surface area (Å²) in [6.45, 7) is 5.21. The van der Waals surface area contributed by atoms with Gasteiger partial charge < -0.3 is 0 Å². The predicted molar refractivity (Wildman–Crippen MR) is 136 cm³/mol. The molecule has 1 aliphatic heterocycles. The molecule has 2 aliphatic rings. The lowest BCUT2D eigenvalue weighted by Crippen LogP contribution is -2.49. The molecule has 2 aromatic carbocycles. The largest absolute Gasteiger partial charge is 0.291 e. The molecule has 1 saturated carbocycles. The van der Waals surface area contributed by atoms with Gasteiger partial charge >= 0.3 is 0 Å². The van der Waals surface area contributed by atoms with E-state index in [0.29, 0.717) is 12.1 Å². The van der Waals surface area contributed by atoms with E-state index in [1.807, 2.05) is 24.1 Å². The Labute approximate surface area is 209 Å². The van der Waals surface area contributed by atoms with Crippen LogP contribution in [0, 0.1) is 12.7 Å². The first kappa shape index (κ1) is 22.7. The third-order valence-corrected chi connectivity index (χ3v) is 8.33. The van der Waals surface area contributed by atoms with Crippen LogP contribution in [0.3, 0.4) is 0 Å². The zero-order valence-electron chi connectivity index (χ0n) is 20.1. The molecule has 9 heteroatoms. The number of benzene rings is 2. The normalized spacial score (nSPS) is 20.3. The summed E-state index contributed by atoms with van der Waals surface area (Å²) in [7, 11) is 1.86. The maximum absolute atomic E-state index is 13.5. The second-order valence-electron chi connectivity index (χ2n) is 9.64. The monoisotopic (exact) mass is 491 g/mol. The van der Waals surface area contributed by atoms with Crippen LogP contribution in [-0.4, -0.2) is 59.7 Å². The molecule has 35 heavy (non-hydrogen) atoms. The first-order chi connectivity index (χ1) is 17.0. The molecular weight excluding hydrogens is 461 g/mol. The van der Waals surface area contributed by atoms with E-state index in [9.17, 15) is 4.39 Å². The fourth-order valence-corrected chi connectivity index (χ4v) is 6.55. The van der Waals surface area contributed by atoms with E-state index in [2.05, 4.69) is 43.6 Å². The highest BCUT2D eigenvalue weighted by Gasteiger charge is 2.35. The number of aromatic nitrogens is 5.